The Morgan fingerprint density at radius 2 is 1.91 bits per heavy atom. The summed E-state index contributed by atoms with van der Waals surface area (Å²) < 4.78 is 14.8. The molecule has 4 N–H and O–H groups in total. The predicted molar refractivity (Wildman–Crippen MR) is 132 cm³/mol. The van der Waals surface area contributed by atoms with Crippen LogP contribution in [0, 0.1) is 0 Å². The number of hydrogen-bond acceptors (Lipinski definition) is 7. The molecular formula is C25H25ClN6O2. The van der Waals surface area contributed by atoms with Crippen molar-refractivity contribution in [3.8, 4) is 0 Å². The van der Waals surface area contributed by atoms with Crippen LogP contribution in [0.4, 0.5) is 11.6 Å². The van der Waals surface area contributed by atoms with Crippen LogP contribution in [0.3, 0.4) is 0 Å². The Bertz CT molecular complexity index is 1460. The van der Waals surface area contributed by atoms with Gasteiger partial charge >= 0.3 is 0 Å². The summed E-state index contributed by atoms with van der Waals surface area (Å²) in [5, 5.41) is 2.28. The molecule has 3 atom stereocenters. The summed E-state index contributed by atoms with van der Waals surface area (Å²) in [6.45, 7) is 3.91. The van der Waals surface area contributed by atoms with Gasteiger partial charge in [-0.15, -0.1) is 0 Å². The van der Waals surface area contributed by atoms with Crippen molar-refractivity contribution in [2.45, 2.75) is 50.7 Å². The molecule has 1 aliphatic carbocycles. The average Bonchev–Trinajstić information content (AvgIpc) is 3.45. The lowest BCUT2D eigenvalue weighted by Gasteiger charge is -2.22. The molecule has 0 radical (unpaired) electrons. The Hall–Kier alpha value is -3.20. The predicted octanol–water partition coefficient (Wildman–Crippen LogP) is 4.43. The van der Waals surface area contributed by atoms with E-state index in [-0.39, 0.29) is 18.2 Å². The lowest BCUT2D eigenvalue weighted by Crippen LogP contribution is -2.27. The summed E-state index contributed by atoms with van der Waals surface area (Å²) in [5.74, 6) is 0.157. The van der Waals surface area contributed by atoms with Crippen LogP contribution >= 0.6 is 11.6 Å². The molecule has 0 unspecified atom stereocenters. The maximum absolute atomic E-state index is 6.35. The summed E-state index contributed by atoms with van der Waals surface area (Å²) >= 11 is 6.11. The van der Waals surface area contributed by atoms with Crippen LogP contribution in [0.1, 0.15) is 31.9 Å². The Kier molecular flexibility index (Phi) is 4.81. The largest absolute Gasteiger partial charge is 0.383 e. The fourth-order valence-electron chi connectivity index (χ4n) is 5.08. The summed E-state index contributed by atoms with van der Waals surface area (Å²) in [6, 6.07) is 9.96. The molecule has 1 aliphatic heterocycles. The fourth-order valence-corrected chi connectivity index (χ4v) is 5.24. The minimum atomic E-state index is -0.659. The number of rotatable bonds is 4. The second kappa shape index (κ2) is 7.66. The van der Waals surface area contributed by atoms with E-state index in [0.29, 0.717) is 16.7 Å². The van der Waals surface area contributed by atoms with Gasteiger partial charge in [0.05, 0.1) is 22.0 Å². The Labute approximate surface area is 201 Å². The van der Waals surface area contributed by atoms with E-state index in [9.17, 15) is 0 Å². The van der Waals surface area contributed by atoms with Crippen LogP contribution in [0.2, 0.25) is 5.02 Å². The number of anilines is 2. The van der Waals surface area contributed by atoms with Crippen molar-refractivity contribution in [3.05, 3.63) is 65.1 Å². The van der Waals surface area contributed by atoms with Crippen molar-refractivity contribution in [2.75, 3.05) is 11.5 Å². The highest BCUT2D eigenvalue weighted by atomic mass is 35.5. The van der Waals surface area contributed by atoms with Gasteiger partial charge in [0.25, 0.3) is 0 Å². The number of halogens is 1. The number of benzene rings is 1. The quantitative estimate of drug-likeness (QED) is 0.418. The molecule has 2 aliphatic rings. The van der Waals surface area contributed by atoms with Crippen LogP contribution < -0.4 is 11.5 Å². The first-order chi connectivity index (χ1) is 16.3. The molecular weight excluding hydrogens is 452 g/mol. The van der Waals surface area contributed by atoms with Crippen molar-refractivity contribution < 1.29 is 9.47 Å². The normalized spacial score (nSPS) is 23.5. The molecule has 8 nitrogen and oxygen atoms in total. The van der Waals surface area contributed by atoms with Gasteiger partial charge < -0.3 is 25.5 Å². The third kappa shape index (κ3) is 3.50. The highest BCUT2D eigenvalue weighted by Crippen LogP contribution is 2.45. The molecule has 1 saturated heterocycles. The number of aryl methyl sites for hydroxylation is 1. The van der Waals surface area contributed by atoms with Gasteiger partial charge in [0.2, 0.25) is 0 Å². The highest BCUT2D eigenvalue weighted by molar-refractivity contribution is 6.33. The van der Waals surface area contributed by atoms with Gasteiger partial charge in [-0.2, -0.15) is 0 Å². The molecule has 1 fully saturated rings. The molecule has 1 aromatic carbocycles. The van der Waals surface area contributed by atoms with Gasteiger partial charge in [-0.3, -0.25) is 0 Å². The molecule has 0 amide bonds. The van der Waals surface area contributed by atoms with E-state index < -0.39 is 5.79 Å². The average molecular weight is 477 g/mol. The fraction of sp³-hybridized carbons (Fsp3) is 0.320. The van der Waals surface area contributed by atoms with E-state index >= 15 is 0 Å². The van der Waals surface area contributed by atoms with Gasteiger partial charge in [-0.05, 0) is 56.0 Å². The first-order valence-corrected chi connectivity index (χ1v) is 11.6. The summed E-state index contributed by atoms with van der Waals surface area (Å²) in [6.07, 6.45) is 7.15. The van der Waals surface area contributed by atoms with Gasteiger partial charge in [0, 0.05) is 11.6 Å². The maximum atomic E-state index is 6.35. The standard InChI is InChI=1S/C25H25ClN6O2/c1-25(2)33-20-15(6-4-13-3-5-14-10-17(26)23(28)31-18(14)9-13)11-19(21(20)34-25)32-8-7-16-22(27)29-12-30-24(16)32/h3,5,7-12,19-21H,4,6H2,1-2H3,(H2,28,31)(H2,27,29,30)/t19-,20-,21+/m1/s1. The van der Waals surface area contributed by atoms with Crippen LogP contribution in [0.5, 0.6) is 0 Å². The molecule has 0 bridgehead atoms. The van der Waals surface area contributed by atoms with Crippen LogP contribution in [-0.4, -0.2) is 37.5 Å². The second-order valence-electron chi connectivity index (χ2n) is 9.35. The highest BCUT2D eigenvalue weighted by Gasteiger charge is 2.50. The minimum Gasteiger partial charge on any atom is -0.383 e. The zero-order valence-corrected chi connectivity index (χ0v) is 19.7. The lowest BCUT2D eigenvalue weighted by atomic mass is 10.0. The van der Waals surface area contributed by atoms with E-state index in [0.717, 1.165) is 34.8 Å². The molecule has 4 aromatic rings. The first kappa shape index (κ1) is 21.3. The molecule has 0 spiro atoms. The monoisotopic (exact) mass is 476 g/mol. The molecule has 3 aromatic heterocycles. The topological polar surface area (TPSA) is 114 Å². The van der Waals surface area contributed by atoms with Crippen molar-refractivity contribution in [1.82, 2.24) is 19.5 Å². The van der Waals surface area contributed by atoms with Crippen molar-refractivity contribution >= 4 is 45.2 Å². The van der Waals surface area contributed by atoms with E-state index in [2.05, 4.69) is 37.7 Å². The first-order valence-electron chi connectivity index (χ1n) is 11.3. The third-order valence-corrected chi connectivity index (χ3v) is 6.94. The number of fused-ring (bicyclic) bond motifs is 3. The van der Waals surface area contributed by atoms with E-state index in [1.165, 1.54) is 17.5 Å². The number of hydrogen-bond donors (Lipinski definition) is 2. The Morgan fingerprint density at radius 1 is 1.06 bits per heavy atom. The van der Waals surface area contributed by atoms with Gasteiger partial charge in [-0.1, -0.05) is 29.8 Å². The van der Waals surface area contributed by atoms with Crippen LogP contribution in [-0.2, 0) is 15.9 Å². The number of aromatic nitrogens is 4. The second-order valence-corrected chi connectivity index (χ2v) is 9.76. The van der Waals surface area contributed by atoms with Crippen molar-refractivity contribution in [3.63, 3.8) is 0 Å². The molecule has 174 valence electrons. The number of nitrogen functional groups attached to an aromatic ring is 2. The number of pyridine rings is 1. The lowest BCUT2D eigenvalue weighted by molar-refractivity contribution is -0.147. The van der Waals surface area contributed by atoms with Gasteiger partial charge in [0.1, 0.15) is 35.8 Å². The van der Waals surface area contributed by atoms with Crippen molar-refractivity contribution in [2.24, 2.45) is 0 Å². The zero-order valence-electron chi connectivity index (χ0n) is 18.9. The zero-order chi connectivity index (χ0) is 23.6. The van der Waals surface area contributed by atoms with E-state index in [1.807, 2.05) is 38.2 Å². The maximum Gasteiger partial charge on any atom is 0.164 e. The molecule has 4 heterocycles. The molecule has 0 saturated carbocycles. The summed E-state index contributed by atoms with van der Waals surface area (Å²) in [4.78, 5) is 13.0. The molecule has 9 heteroatoms. The molecule has 34 heavy (non-hydrogen) atoms. The third-order valence-electron chi connectivity index (χ3n) is 6.64. The Balaban J connectivity index is 1.31. The van der Waals surface area contributed by atoms with E-state index in [4.69, 9.17) is 32.5 Å². The van der Waals surface area contributed by atoms with Gasteiger partial charge in [0.15, 0.2) is 5.79 Å². The van der Waals surface area contributed by atoms with Gasteiger partial charge in [-0.25, -0.2) is 15.0 Å². The van der Waals surface area contributed by atoms with Crippen LogP contribution in [0.25, 0.3) is 21.9 Å². The molecule has 6 rings (SSSR count). The number of nitrogens with zero attached hydrogens (tertiary/aromatic N) is 4. The van der Waals surface area contributed by atoms with Crippen LogP contribution in [0.15, 0.2) is 54.5 Å². The SMILES string of the molecule is CC1(C)O[C@@H]2[C@H](O1)C(CCc1ccc3cc(Cl)c(N)nc3c1)=C[C@H]2n1ccc2c(N)ncnc21. The van der Waals surface area contributed by atoms with Crippen molar-refractivity contribution in [1.29, 1.82) is 0 Å². The summed E-state index contributed by atoms with van der Waals surface area (Å²) in [5.41, 5.74) is 16.0. The summed E-state index contributed by atoms with van der Waals surface area (Å²) in [7, 11) is 0. The van der Waals surface area contributed by atoms with E-state index in [1.54, 1.807) is 0 Å². The minimum absolute atomic E-state index is 0.0474. The Morgan fingerprint density at radius 3 is 2.76 bits per heavy atom. The number of ether oxygens (including phenoxy) is 2. The smallest absolute Gasteiger partial charge is 0.164 e. The number of nitrogens with two attached hydrogens (primary N) is 2.